The van der Waals surface area contributed by atoms with E-state index >= 15 is 0 Å². The Morgan fingerprint density at radius 2 is 2.00 bits per heavy atom. The summed E-state index contributed by atoms with van der Waals surface area (Å²) in [5.41, 5.74) is -1.10. The number of hydrogen-bond donors (Lipinski definition) is 2. The van der Waals surface area contributed by atoms with Gasteiger partial charge in [0.15, 0.2) is 11.7 Å². The van der Waals surface area contributed by atoms with Crippen molar-refractivity contribution in [3.63, 3.8) is 0 Å². The van der Waals surface area contributed by atoms with Crippen molar-refractivity contribution >= 4 is 11.9 Å². The van der Waals surface area contributed by atoms with E-state index in [0.29, 0.717) is 12.2 Å². The van der Waals surface area contributed by atoms with Crippen molar-refractivity contribution in [2.24, 2.45) is 11.8 Å². The van der Waals surface area contributed by atoms with E-state index < -0.39 is 17.5 Å². The van der Waals surface area contributed by atoms with Crippen LogP contribution >= 0.6 is 0 Å². The maximum absolute atomic E-state index is 12.6. The largest absolute Gasteiger partial charge is 0.463 e. The van der Waals surface area contributed by atoms with Crippen LogP contribution in [0.2, 0.25) is 0 Å². The average molecular weight is 338 g/mol. The van der Waals surface area contributed by atoms with Gasteiger partial charge >= 0.3 is 11.9 Å². The van der Waals surface area contributed by atoms with Gasteiger partial charge in [-0.25, -0.2) is 9.59 Å². The molecule has 0 aromatic rings. The summed E-state index contributed by atoms with van der Waals surface area (Å²) in [6, 6.07) is 0.196. The fourth-order valence-corrected chi connectivity index (χ4v) is 4.33. The van der Waals surface area contributed by atoms with Gasteiger partial charge in [0, 0.05) is 18.4 Å². The molecule has 0 aromatic carbocycles. The zero-order valence-corrected chi connectivity index (χ0v) is 14.7. The number of carbonyl (C=O) groups is 2. The first-order chi connectivity index (χ1) is 11.3. The standard InChI is InChI=1S/C18H27NO5/c1-4-12-9-11(2)18(3,22)17(21)23-10-13-5-7-19-8-6-14(15(13)19)24-16(12)20/h4,11,13-15,22H,5-10H2,1-3H3/p+1/b12-4+/t11-,13-,14-,15-,18-/m0/s1. The molecule has 3 heterocycles. The molecule has 0 aliphatic carbocycles. The summed E-state index contributed by atoms with van der Waals surface area (Å²) in [6.07, 6.45) is 3.71. The second-order valence-electron chi connectivity index (χ2n) is 7.63. The maximum Gasteiger partial charge on any atom is 0.338 e. The fraction of sp³-hybridized carbons (Fsp3) is 0.778. The molecule has 3 aliphatic heterocycles. The number of rotatable bonds is 0. The molecule has 0 spiro atoms. The molecular weight excluding hydrogens is 310 g/mol. The maximum atomic E-state index is 12.6. The molecule has 134 valence electrons. The third-order valence-electron chi connectivity index (χ3n) is 6.16. The fourth-order valence-electron chi connectivity index (χ4n) is 4.33. The topological polar surface area (TPSA) is 77.3 Å². The Hall–Kier alpha value is -1.40. The van der Waals surface area contributed by atoms with Crippen molar-refractivity contribution in [2.75, 3.05) is 19.7 Å². The average Bonchev–Trinajstić information content (AvgIpc) is 3.12. The number of allylic oxidation sites excluding steroid dienone is 1. The molecule has 6 heteroatoms. The van der Waals surface area contributed by atoms with Crippen LogP contribution in [0.25, 0.3) is 0 Å². The molecule has 0 radical (unpaired) electrons. The summed E-state index contributed by atoms with van der Waals surface area (Å²) in [5, 5.41) is 10.6. The number of cyclic esters (lactones) is 1. The van der Waals surface area contributed by atoms with Crippen LogP contribution in [0.15, 0.2) is 11.6 Å². The SMILES string of the molecule is C/C=C1\C[C@H](C)[C@](C)(O)C(=O)OC[C@@H]2CC[NH+]3CC[C@H](OC1=O)[C@H]23. The van der Waals surface area contributed by atoms with Crippen molar-refractivity contribution in [3.8, 4) is 0 Å². The molecule has 24 heavy (non-hydrogen) atoms. The first kappa shape index (κ1) is 17.4. The highest BCUT2D eigenvalue weighted by molar-refractivity contribution is 5.89. The van der Waals surface area contributed by atoms with E-state index in [-0.39, 0.29) is 30.5 Å². The molecule has 2 N–H and O–H groups in total. The van der Waals surface area contributed by atoms with Crippen LogP contribution < -0.4 is 4.90 Å². The molecule has 0 saturated carbocycles. The van der Waals surface area contributed by atoms with Gasteiger partial charge in [-0.1, -0.05) is 13.0 Å². The number of nitrogens with one attached hydrogen (secondary N) is 1. The number of hydrogen-bond acceptors (Lipinski definition) is 5. The Morgan fingerprint density at radius 3 is 2.71 bits per heavy atom. The van der Waals surface area contributed by atoms with E-state index in [1.807, 2.05) is 0 Å². The molecule has 0 aromatic heterocycles. The van der Waals surface area contributed by atoms with Crippen LogP contribution in [0.3, 0.4) is 0 Å². The van der Waals surface area contributed by atoms with Crippen molar-refractivity contribution in [1.82, 2.24) is 0 Å². The third-order valence-corrected chi connectivity index (χ3v) is 6.16. The van der Waals surface area contributed by atoms with Crippen LogP contribution in [0, 0.1) is 11.8 Å². The van der Waals surface area contributed by atoms with Gasteiger partial charge < -0.3 is 19.5 Å². The number of esters is 2. The molecule has 3 rings (SSSR count). The number of carbonyl (C=O) groups excluding carboxylic acids is 2. The molecule has 3 aliphatic rings. The van der Waals surface area contributed by atoms with Gasteiger partial charge in [-0.3, -0.25) is 0 Å². The molecule has 6 nitrogen and oxygen atoms in total. The van der Waals surface area contributed by atoms with Gasteiger partial charge in [0.2, 0.25) is 0 Å². The summed E-state index contributed by atoms with van der Waals surface area (Å²) in [5.74, 6) is -1.16. The number of aliphatic hydroxyl groups is 1. The second-order valence-corrected chi connectivity index (χ2v) is 7.63. The van der Waals surface area contributed by atoms with E-state index in [0.717, 1.165) is 25.9 Å². The molecule has 0 amide bonds. The van der Waals surface area contributed by atoms with E-state index in [4.69, 9.17) is 9.47 Å². The van der Waals surface area contributed by atoms with Gasteiger partial charge in [0.25, 0.3) is 0 Å². The van der Waals surface area contributed by atoms with Crippen LogP contribution in [0.1, 0.15) is 40.0 Å². The highest BCUT2D eigenvalue weighted by Crippen LogP contribution is 2.30. The molecule has 6 atom stereocenters. The van der Waals surface area contributed by atoms with E-state index in [1.165, 1.54) is 11.8 Å². The van der Waals surface area contributed by atoms with Crippen LogP contribution in [-0.4, -0.2) is 54.5 Å². The predicted molar refractivity (Wildman–Crippen MR) is 86.2 cm³/mol. The summed E-state index contributed by atoms with van der Waals surface area (Å²) in [4.78, 5) is 26.4. The lowest BCUT2D eigenvalue weighted by Gasteiger charge is -2.31. The highest BCUT2D eigenvalue weighted by atomic mass is 16.6. The zero-order chi connectivity index (χ0) is 17.5. The summed E-state index contributed by atoms with van der Waals surface area (Å²) < 4.78 is 11.3. The Balaban J connectivity index is 1.89. The molecular formula is C18H28NO5+. The lowest BCUT2D eigenvalue weighted by atomic mass is 9.85. The van der Waals surface area contributed by atoms with Crippen molar-refractivity contribution in [1.29, 1.82) is 0 Å². The van der Waals surface area contributed by atoms with Gasteiger partial charge in [-0.2, -0.15) is 0 Å². The summed E-state index contributed by atoms with van der Waals surface area (Å²) in [6.45, 7) is 7.31. The Bertz CT molecular complexity index is 556. The summed E-state index contributed by atoms with van der Waals surface area (Å²) in [7, 11) is 0. The Kier molecular flexibility index (Phi) is 4.71. The van der Waals surface area contributed by atoms with Gasteiger partial charge in [0.1, 0.15) is 12.6 Å². The normalized spacial score (nSPS) is 45.2. The van der Waals surface area contributed by atoms with Crippen molar-refractivity contribution in [3.05, 3.63) is 11.6 Å². The quantitative estimate of drug-likeness (QED) is 0.475. The lowest BCUT2D eigenvalue weighted by Crippen LogP contribution is -3.12. The summed E-state index contributed by atoms with van der Waals surface area (Å²) >= 11 is 0. The predicted octanol–water partition coefficient (Wildman–Crippen LogP) is -0.144. The molecule has 3 fully saturated rings. The van der Waals surface area contributed by atoms with E-state index in [9.17, 15) is 14.7 Å². The highest BCUT2D eigenvalue weighted by Gasteiger charge is 2.51. The van der Waals surface area contributed by atoms with Gasteiger partial charge in [0.05, 0.1) is 19.0 Å². The van der Waals surface area contributed by atoms with Gasteiger partial charge in [-0.15, -0.1) is 0 Å². The first-order valence-corrected chi connectivity index (χ1v) is 8.95. The minimum Gasteiger partial charge on any atom is -0.463 e. The van der Waals surface area contributed by atoms with E-state index in [2.05, 4.69) is 0 Å². The van der Waals surface area contributed by atoms with Gasteiger partial charge in [-0.05, 0) is 26.2 Å². The Labute approximate surface area is 142 Å². The number of ether oxygens (including phenoxy) is 2. The van der Waals surface area contributed by atoms with Crippen LogP contribution in [-0.2, 0) is 19.1 Å². The Morgan fingerprint density at radius 1 is 1.29 bits per heavy atom. The van der Waals surface area contributed by atoms with E-state index in [1.54, 1.807) is 19.9 Å². The number of quaternary nitrogens is 1. The van der Waals surface area contributed by atoms with Crippen LogP contribution in [0.4, 0.5) is 0 Å². The zero-order valence-electron chi connectivity index (χ0n) is 14.7. The van der Waals surface area contributed by atoms with Crippen molar-refractivity contribution < 1.29 is 29.1 Å². The molecule has 1 unspecified atom stereocenters. The second kappa shape index (κ2) is 6.48. The van der Waals surface area contributed by atoms with Crippen molar-refractivity contribution in [2.45, 2.75) is 57.8 Å². The minimum atomic E-state index is -1.62. The molecule has 3 saturated heterocycles. The lowest BCUT2D eigenvalue weighted by molar-refractivity contribution is -0.902. The van der Waals surface area contributed by atoms with Crippen LogP contribution in [0.5, 0.6) is 0 Å². The smallest absolute Gasteiger partial charge is 0.338 e. The third kappa shape index (κ3) is 2.97. The first-order valence-electron chi connectivity index (χ1n) is 8.95. The minimum absolute atomic E-state index is 0.108. The monoisotopic (exact) mass is 338 g/mol. The molecule has 0 bridgehead atoms.